The van der Waals surface area contributed by atoms with E-state index in [2.05, 4.69) is 4.90 Å². The van der Waals surface area contributed by atoms with Gasteiger partial charge in [-0.05, 0) is 24.3 Å². The average molecular weight is 347 g/mol. The van der Waals surface area contributed by atoms with Crippen molar-refractivity contribution in [1.82, 2.24) is 4.90 Å². The Hall–Kier alpha value is -1.05. The van der Waals surface area contributed by atoms with Crippen molar-refractivity contribution >= 4 is 0 Å². The van der Waals surface area contributed by atoms with E-state index in [4.69, 9.17) is 18.9 Å². The lowest BCUT2D eigenvalue weighted by molar-refractivity contribution is -0.0178. The highest BCUT2D eigenvalue weighted by Crippen LogP contribution is 2.16. The molecular weight excluding hydrogens is 322 g/mol. The molecule has 1 N–H and O–H groups in total. The van der Waals surface area contributed by atoms with Crippen molar-refractivity contribution in [2.45, 2.75) is 6.10 Å². The standard InChI is InChI=1S/C16H25NO5.ClH/c1-19-15-2-4-16(5-3-15)22-11-10-21-13-14(18)12-17-6-8-20-9-7-17;/h2-5,14,18H,6-13H2,1H3;1H/p-1. The summed E-state index contributed by atoms with van der Waals surface area (Å²) >= 11 is 0. The van der Waals surface area contributed by atoms with Crippen LogP contribution >= 0.6 is 0 Å². The van der Waals surface area contributed by atoms with Gasteiger partial charge in [-0.2, -0.15) is 0 Å². The van der Waals surface area contributed by atoms with E-state index in [0.29, 0.717) is 26.4 Å². The van der Waals surface area contributed by atoms with Crippen LogP contribution in [0.15, 0.2) is 24.3 Å². The topological polar surface area (TPSA) is 60.4 Å². The molecule has 23 heavy (non-hydrogen) atoms. The van der Waals surface area contributed by atoms with Crippen LogP contribution in [0.3, 0.4) is 0 Å². The maximum absolute atomic E-state index is 9.91. The number of methoxy groups -OCH3 is 1. The first-order valence-electron chi connectivity index (χ1n) is 7.60. The molecule has 132 valence electrons. The minimum atomic E-state index is -0.473. The number of hydrogen-bond acceptors (Lipinski definition) is 6. The first kappa shape index (κ1) is 20.0. The number of benzene rings is 1. The lowest BCUT2D eigenvalue weighted by Crippen LogP contribution is -3.00. The molecule has 6 nitrogen and oxygen atoms in total. The van der Waals surface area contributed by atoms with E-state index in [0.717, 1.165) is 37.8 Å². The zero-order valence-corrected chi connectivity index (χ0v) is 14.2. The van der Waals surface area contributed by atoms with Gasteiger partial charge >= 0.3 is 0 Å². The Bertz CT molecular complexity index is 411. The van der Waals surface area contributed by atoms with Crippen molar-refractivity contribution in [2.24, 2.45) is 0 Å². The molecule has 1 aromatic rings. The summed E-state index contributed by atoms with van der Waals surface area (Å²) in [7, 11) is 1.63. The number of nitrogens with zero attached hydrogens (tertiary/aromatic N) is 1. The second kappa shape index (κ2) is 11.5. The average Bonchev–Trinajstić information content (AvgIpc) is 2.56. The Morgan fingerprint density at radius 3 is 2.43 bits per heavy atom. The molecule has 0 aliphatic carbocycles. The third-order valence-electron chi connectivity index (χ3n) is 3.44. The molecule has 1 aliphatic rings. The molecule has 1 aliphatic heterocycles. The Morgan fingerprint density at radius 2 is 1.78 bits per heavy atom. The predicted octanol–water partition coefficient (Wildman–Crippen LogP) is -2.21. The normalized spacial score (nSPS) is 16.4. The zero-order chi connectivity index (χ0) is 15.6. The highest BCUT2D eigenvalue weighted by atomic mass is 35.5. The minimum Gasteiger partial charge on any atom is -1.00 e. The van der Waals surface area contributed by atoms with Crippen LogP contribution in [0.2, 0.25) is 0 Å². The maximum Gasteiger partial charge on any atom is 0.119 e. The van der Waals surface area contributed by atoms with Gasteiger partial charge < -0.3 is 36.5 Å². The van der Waals surface area contributed by atoms with E-state index in [1.165, 1.54) is 0 Å². The third-order valence-corrected chi connectivity index (χ3v) is 3.44. The number of morpholine rings is 1. The largest absolute Gasteiger partial charge is 1.00 e. The summed E-state index contributed by atoms with van der Waals surface area (Å²) in [5.74, 6) is 1.58. The number of ether oxygens (including phenoxy) is 4. The Morgan fingerprint density at radius 1 is 1.13 bits per heavy atom. The number of aliphatic hydroxyl groups excluding tert-OH is 1. The summed E-state index contributed by atoms with van der Waals surface area (Å²) in [6, 6.07) is 7.41. The van der Waals surface area contributed by atoms with Crippen LogP contribution in [0, 0.1) is 0 Å². The number of rotatable bonds is 9. The van der Waals surface area contributed by atoms with Crippen LogP contribution in [0.5, 0.6) is 11.5 Å². The molecule has 2 rings (SSSR count). The molecule has 0 spiro atoms. The molecule has 1 unspecified atom stereocenters. The molecule has 0 radical (unpaired) electrons. The van der Waals surface area contributed by atoms with Gasteiger partial charge in [0.2, 0.25) is 0 Å². The van der Waals surface area contributed by atoms with Crippen molar-refractivity contribution in [2.75, 3.05) is 59.8 Å². The quantitative estimate of drug-likeness (QED) is 0.512. The van der Waals surface area contributed by atoms with Crippen LogP contribution in [0.25, 0.3) is 0 Å². The summed E-state index contributed by atoms with van der Waals surface area (Å²) in [5, 5.41) is 9.91. The number of aliphatic hydroxyl groups is 1. The van der Waals surface area contributed by atoms with E-state index in [1.807, 2.05) is 24.3 Å². The van der Waals surface area contributed by atoms with Crippen molar-refractivity contribution in [3.05, 3.63) is 24.3 Å². The lowest BCUT2D eigenvalue weighted by atomic mass is 10.3. The van der Waals surface area contributed by atoms with Crippen molar-refractivity contribution in [3.8, 4) is 11.5 Å². The van der Waals surface area contributed by atoms with E-state index < -0.39 is 6.10 Å². The van der Waals surface area contributed by atoms with E-state index in [9.17, 15) is 5.11 Å². The van der Waals surface area contributed by atoms with Gasteiger partial charge in [0.05, 0.1) is 39.6 Å². The van der Waals surface area contributed by atoms with Crippen LogP contribution in [-0.4, -0.2) is 75.9 Å². The smallest absolute Gasteiger partial charge is 0.119 e. The molecule has 0 aromatic heterocycles. The van der Waals surface area contributed by atoms with Crippen LogP contribution < -0.4 is 21.9 Å². The molecule has 7 heteroatoms. The summed E-state index contributed by atoms with van der Waals surface area (Å²) in [6.45, 7) is 5.08. The van der Waals surface area contributed by atoms with Crippen molar-refractivity contribution < 1.29 is 36.5 Å². The van der Waals surface area contributed by atoms with Crippen molar-refractivity contribution in [3.63, 3.8) is 0 Å². The number of β-amino-alcohol motifs (C(OH)–C–C–N with tert-alkyl or cyclic N) is 1. The molecule has 0 bridgehead atoms. The summed E-state index contributed by atoms with van der Waals surface area (Å²) in [6.07, 6.45) is -0.473. The summed E-state index contributed by atoms with van der Waals surface area (Å²) in [4.78, 5) is 2.19. The first-order valence-corrected chi connectivity index (χ1v) is 7.60. The fourth-order valence-corrected chi connectivity index (χ4v) is 2.24. The first-order chi connectivity index (χ1) is 10.8. The number of halogens is 1. The highest BCUT2D eigenvalue weighted by molar-refractivity contribution is 5.31. The van der Waals surface area contributed by atoms with Gasteiger partial charge in [-0.1, -0.05) is 0 Å². The minimum absolute atomic E-state index is 0. The zero-order valence-electron chi connectivity index (χ0n) is 13.4. The SMILES string of the molecule is COc1ccc(OCCOCC(O)CN2CCOCC2)cc1.[Cl-]. The monoisotopic (exact) mass is 346 g/mol. The van der Waals surface area contributed by atoms with Crippen LogP contribution in [0.1, 0.15) is 0 Å². The maximum atomic E-state index is 9.91. The molecule has 1 fully saturated rings. The molecule has 1 aromatic carbocycles. The summed E-state index contributed by atoms with van der Waals surface area (Å²) in [5.41, 5.74) is 0. The molecule has 1 saturated heterocycles. The Labute approximate surface area is 143 Å². The van der Waals surface area contributed by atoms with Gasteiger partial charge in [-0.15, -0.1) is 0 Å². The second-order valence-electron chi connectivity index (χ2n) is 5.17. The summed E-state index contributed by atoms with van der Waals surface area (Å²) < 4.78 is 21.3. The van der Waals surface area contributed by atoms with Crippen LogP contribution in [-0.2, 0) is 9.47 Å². The van der Waals surface area contributed by atoms with Gasteiger partial charge in [-0.3, -0.25) is 4.90 Å². The van der Waals surface area contributed by atoms with Gasteiger partial charge in [0, 0.05) is 19.6 Å². The van der Waals surface area contributed by atoms with Crippen LogP contribution in [0.4, 0.5) is 0 Å². The third kappa shape index (κ3) is 7.85. The Balaban J connectivity index is 0.00000264. The van der Waals surface area contributed by atoms with Gasteiger partial charge in [0.1, 0.15) is 18.1 Å². The predicted molar refractivity (Wildman–Crippen MR) is 82.6 cm³/mol. The molecule has 0 amide bonds. The fourth-order valence-electron chi connectivity index (χ4n) is 2.24. The van der Waals surface area contributed by atoms with Crippen molar-refractivity contribution in [1.29, 1.82) is 0 Å². The van der Waals surface area contributed by atoms with E-state index >= 15 is 0 Å². The van der Waals surface area contributed by atoms with E-state index in [1.54, 1.807) is 7.11 Å². The lowest BCUT2D eigenvalue weighted by Gasteiger charge is -2.28. The van der Waals surface area contributed by atoms with Gasteiger partial charge in [-0.25, -0.2) is 0 Å². The van der Waals surface area contributed by atoms with Gasteiger partial charge in [0.15, 0.2) is 0 Å². The number of hydrogen-bond donors (Lipinski definition) is 1. The molecule has 1 heterocycles. The Kier molecular flexibility index (Phi) is 9.98. The highest BCUT2D eigenvalue weighted by Gasteiger charge is 2.14. The molecule has 1 atom stereocenters. The second-order valence-corrected chi connectivity index (χ2v) is 5.17. The molecular formula is C16H25ClNO5-. The van der Waals surface area contributed by atoms with E-state index in [-0.39, 0.29) is 12.4 Å². The fraction of sp³-hybridized carbons (Fsp3) is 0.625. The molecule has 0 saturated carbocycles. The van der Waals surface area contributed by atoms with Gasteiger partial charge in [0.25, 0.3) is 0 Å².